The van der Waals surface area contributed by atoms with Crippen molar-refractivity contribution >= 4 is 0 Å². The Hall–Kier alpha value is -0.830. The third kappa shape index (κ3) is 1.48. The van der Waals surface area contributed by atoms with Gasteiger partial charge in [-0.1, -0.05) is 13.8 Å². The van der Waals surface area contributed by atoms with Crippen molar-refractivity contribution in [1.82, 2.24) is 14.5 Å². The molecule has 2 rings (SSSR count). The second kappa shape index (κ2) is 3.14. The molecule has 0 amide bonds. The third-order valence-corrected chi connectivity index (χ3v) is 2.67. The molecular weight excluding hydrogens is 162 g/mol. The molecule has 0 atom stereocenters. The first-order valence-electron chi connectivity index (χ1n) is 4.91. The van der Waals surface area contributed by atoms with Gasteiger partial charge >= 0.3 is 0 Å². The van der Waals surface area contributed by atoms with Crippen molar-refractivity contribution in [1.29, 1.82) is 0 Å². The molecular formula is C10H17N3. The maximum absolute atomic E-state index is 4.47. The van der Waals surface area contributed by atoms with Crippen LogP contribution in [0.25, 0.3) is 0 Å². The molecule has 13 heavy (non-hydrogen) atoms. The van der Waals surface area contributed by atoms with Gasteiger partial charge in [0, 0.05) is 19.6 Å². The normalized spacial score (nSPS) is 17.8. The van der Waals surface area contributed by atoms with Gasteiger partial charge in [0.2, 0.25) is 0 Å². The number of rotatable bonds is 1. The number of hydrogen-bond acceptors (Lipinski definition) is 2. The highest BCUT2D eigenvalue weighted by Gasteiger charge is 2.18. The zero-order chi connectivity index (χ0) is 9.42. The van der Waals surface area contributed by atoms with Crippen LogP contribution in [0.2, 0.25) is 0 Å². The van der Waals surface area contributed by atoms with Crippen molar-refractivity contribution in [3.63, 3.8) is 0 Å². The summed E-state index contributed by atoms with van der Waals surface area (Å²) in [5.74, 6) is 0.544. The molecule has 3 heteroatoms. The van der Waals surface area contributed by atoms with Gasteiger partial charge in [-0.2, -0.15) is 0 Å². The van der Waals surface area contributed by atoms with E-state index in [1.165, 1.54) is 11.4 Å². The number of hydrogen-bond donors (Lipinski definition) is 0. The molecule has 0 aromatic carbocycles. The maximum Gasteiger partial charge on any atom is 0.0952 e. The minimum absolute atomic E-state index is 0.544. The van der Waals surface area contributed by atoms with Crippen LogP contribution in [0.4, 0.5) is 0 Å². The lowest BCUT2D eigenvalue weighted by molar-refractivity contribution is 0.268. The fraction of sp³-hybridized carbons (Fsp3) is 0.700. The summed E-state index contributed by atoms with van der Waals surface area (Å²) in [7, 11) is 2.17. The SMILES string of the molecule is CC(C)c1ncn2c1CN(C)CC2. The van der Waals surface area contributed by atoms with Gasteiger partial charge < -0.3 is 4.57 Å². The standard InChI is InChI=1S/C10H17N3/c1-8(2)10-9-6-12(3)4-5-13(9)7-11-10/h7-8H,4-6H2,1-3H3. The molecule has 0 radical (unpaired) electrons. The fourth-order valence-corrected chi connectivity index (χ4v) is 1.88. The predicted octanol–water partition coefficient (Wildman–Crippen LogP) is 1.45. The zero-order valence-corrected chi connectivity index (χ0v) is 8.62. The quantitative estimate of drug-likeness (QED) is 0.650. The van der Waals surface area contributed by atoms with Crippen LogP contribution in [-0.4, -0.2) is 28.0 Å². The lowest BCUT2D eigenvalue weighted by Crippen LogP contribution is -2.30. The van der Waals surface area contributed by atoms with Crippen LogP contribution in [0, 0.1) is 0 Å². The number of fused-ring (bicyclic) bond motifs is 1. The summed E-state index contributed by atoms with van der Waals surface area (Å²) in [6, 6.07) is 0. The second-order valence-corrected chi connectivity index (χ2v) is 4.16. The Morgan fingerprint density at radius 1 is 1.38 bits per heavy atom. The van der Waals surface area contributed by atoms with E-state index in [2.05, 4.69) is 35.3 Å². The third-order valence-electron chi connectivity index (χ3n) is 2.67. The number of imidazole rings is 1. The predicted molar refractivity (Wildman–Crippen MR) is 52.7 cm³/mol. The Morgan fingerprint density at radius 2 is 2.15 bits per heavy atom. The van der Waals surface area contributed by atoms with E-state index < -0.39 is 0 Å². The average Bonchev–Trinajstić information content (AvgIpc) is 2.46. The first-order valence-corrected chi connectivity index (χ1v) is 4.91. The van der Waals surface area contributed by atoms with E-state index >= 15 is 0 Å². The highest BCUT2D eigenvalue weighted by Crippen LogP contribution is 2.21. The summed E-state index contributed by atoms with van der Waals surface area (Å²) in [5, 5.41) is 0. The first-order chi connectivity index (χ1) is 6.18. The van der Waals surface area contributed by atoms with E-state index in [4.69, 9.17) is 0 Å². The van der Waals surface area contributed by atoms with E-state index in [0.29, 0.717) is 5.92 Å². The largest absolute Gasteiger partial charge is 0.332 e. The van der Waals surface area contributed by atoms with E-state index in [9.17, 15) is 0 Å². The molecule has 1 aliphatic rings. The average molecular weight is 179 g/mol. The van der Waals surface area contributed by atoms with E-state index in [-0.39, 0.29) is 0 Å². The summed E-state index contributed by atoms with van der Waals surface area (Å²) in [6.45, 7) is 7.69. The molecule has 0 saturated carbocycles. The van der Waals surface area contributed by atoms with Crippen LogP contribution in [0.1, 0.15) is 31.2 Å². The minimum Gasteiger partial charge on any atom is -0.332 e. The molecule has 0 fully saturated rings. The Balaban J connectivity index is 2.35. The highest BCUT2D eigenvalue weighted by molar-refractivity contribution is 5.17. The molecule has 1 aliphatic heterocycles. The van der Waals surface area contributed by atoms with Crippen molar-refractivity contribution in [3.05, 3.63) is 17.7 Å². The Morgan fingerprint density at radius 3 is 2.85 bits per heavy atom. The van der Waals surface area contributed by atoms with Gasteiger partial charge in [-0.15, -0.1) is 0 Å². The molecule has 3 nitrogen and oxygen atoms in total. The van der Waals surface area contributed by atoms with Crippen LogP contribution in [0.3, 0.4) is 0 Å². The van der Waals surface area contributed by atoms with Gasteiger partial charge in [0.15, 0.2) is 0 Å². The topological polar surface area (TPSA) is 21.1 Å². The van der Waals surface area contributed by atoms with Crippen LogP contribution in [-0.2, 0) is 13.1 Å². The Kier molecular flexibility index (Phi) is 2.12. The van der Waals surface area contributed by atoms with Gasteiger partial charge in [-0.05, 0) is 13.0 Å². The van der Waals surface area contributed by atoms with Crippen LogP contribution in [0.5, 0.6) is 0 Å². The van der Waals surface area contributed by atoms with Crippen LogP contribution in [0.15, 0.2) is 6.33 Å². The van der Waals surface area contributed by atoms with Gasteiger partial charge in [0.1, 0.15) is 0 Å². The highest BCUT2D eigenvalue weighted by atomic mass is 15.2. The smallest absolute Gasteiger partial charge is 0.0952 e. The fourth-order valence-electron chi connectivity index (χ4n) is 1.88. The molecule has 0 aliphatic carbocycles. The van der Waals surface area contributed by atoms with Gasteiger partial charge in [0.25, 0.3) is 0 Å². The maximum atomic E-state index is 4.47. The lowest BCUT2D eigenvalue weighted by atomic mass is 10.1. The summed E-state index contributed by atoms with van der Waals surface area (Å²) < 4.78 is 2.29. The zero-order valence-electron chi connectivity index (χ0n) is 8.62. The van der Waals surface area contributed by atoms with Crippen molar-refractivity contribution < 1.29 is 0 Å². The summed E-state index contributed by atoms with van der Waals surface area (Å²) in [5.41, 5.74) is 2.68. The minimum atomic E-state index is 0.544. The molecule has 0 saturated heterocycles. The molecule has 2 heterocycles. The van der Waals surface area contributed by atoms with E-state index in [1.807, 2.05) is 6.33 Å². The van der Waals surface area contributed by atoms with Gasteiger partial charge in [-0.3, -0.25) is 4.90 Å². The first kappa shape index (κ1) is 8.75. The Bertz CT molecular complexity index is 301. The Labute approximate surface area is 79.4 Å². The van der Waals surface area contributed by atoms with Crippen molar-refractivity contribution in [3.8, 4) is 0 Å². The molecule has 0 bridgehead atoms. The number of likely N-dealkylation sites (N-methyl/N-ethyl adjacent to an activating group) is 1. The van der Waals surface area contributed by atoms with Gasteiger partial charge in [-0.25, -0.2) is 4.98 Å². The van der Waals surface area contributed by atoms with Crippen molar-refractivity contribution in [2.24, 2.45) is 0 Å². The lowest BCUT2D eigenvalue weighted by Gasteiger charge is -2.25. The van der Waals surface area contributed by atoms with Gasteiger partial charge in [0.05, 0.1) is 17.7 Å². The van der Waals surface area contributed by atoms with Crippen molar-refractivity contribution in [2.75, 3.05) is 13.6 Å². The molecule has 1 aromatic rings. The van der Waals surface area contributed by atoms with E-state index in [1.54, 1.807) is 0 Å². The number of aromatic nitrogens is 2. The molecule has 0 spiro atoms. The van der Waals surface area contributed by atoms with Crippen molar-refractivity contribution in [2.45, 2.75) is 32.9 Å². The second-order valence-electron chi connectivity index (χ2n) is 4.16. The monoisotopic (exact) mass is 179 g/mol. The van der Waals surface area contributed by atoms with E-state index in [0.717, 1.165) is 19.6 Å². The summed E-state index contributed by atoms with van der Waals surface area (Å²) in [6.07, 6.45) is 1.98. The molecule has 1 aromatic heterocycles. The molecule has 72 valence electrons. The number of nitrogens with zero attached hydrogens (tertiary/aromatic N) is 3. The molecule has 0 unspecified atom stereocenters. The van der Waals surface area contributed by atoms with Crippen LogP contribution >= 0.6 is 0 Å². The molecule has 0 N–H and O–H groups in total. The summed E-state index contributed by atoms with van der Waals surface area (Å²) in [4.78, 5) is 6.82. The summed E-state index contributed by atoms with van der Waals surface area (Å²) >= 11 is 0. The van der Waals surface area contributed by atoms with Crippen LogP contribution < -0.4 is 0 Å².